The van der Waals surface area contributed by atoms with Crippen LogP contribution in [-0.4, -0.2) is 6.29 Å². The smallest absolute Gasteiger partial charge is 0.120 e. The summed E-state index contributed by atoms with van der Waals surface area (Å²) in [5.74, 6) is 1.48. The van der Waals surface area contributed by atoms with Crippen molar-refractivity contribution in [2.75, 3.05) is 0 Å². The summed E-state index contributed by atoms with van der Waals surface area (Å²) in [5, 5.41) is 0. The topological polar surface area (TPSA) is 17.1 Å². The Balaban J connectivity index is 2.51. The predicted octanol–water partition coefficient (Wildman–Crippen LogP) is 3.90. The highest BCUT2D eigenvalue weighted by Gasteiger charge is 2.13. The van der Waals surface area contributed by atoms with Crippen molar-refractivity contribution in [2.24, 2.45) is 11.8 Å². The molecule has 0 radical (unpaired) electrons. The highest BCUT2D eigenvalue weighted by Crippen LogP contribution is 2.29. The van der Waals surface area contributed by atoms with Crippen molar-refractivity contribution in [1.29, 1.82) is 0 Å². The van der Waals surface area contributed by atoms with E-state index in [0.717, 1.165) is 25.0 Å². The van der Waals surface area contributed by atoms with E-state index in [1.807, 2.05) is 0 Å². The van der Waals surface area contributed by atoms with Crippen LogP contribution in [0.4, 0.5) is 0 Å². The first-order valence-electron chi connectivity index (χ1n) is 5.95. The third-order valence-electron chi connectivity index (χ3n) is 2.96. The third-order valence-corrected chi connectivity index (χ3v) is 2.96. The van der Waals surface area contributed by atoms with Crippen LogP contribution in [0.2, 0.25) is 0 Å². The summed E-state index contributed by atoms with van der Waals surface area (Å²) < 4.78 is 0. The van der Waals surface area contributed by atoms with Crippen molar-refractivity contribution in [3.05, 3.63) is 23.3 Å². The zero-order chi connectivity index (χ0) is 11.3. The molecule has 0 saturated heterocycles. The average Bonchev–Trinajstić information content (AvgIpc) is 2.15. The molecule has 1 atom stereocenters. The minimum Gasteiger partial charge on any atom is -0.303 e. The molecule has 0 fully saturated rings. The number of allylic oxidation sites excluding steroid dienone is 4. The molecule has 0 aromatic rings. The second-order valence-electron chi connectivity index (χ2n) is 4.91. The zero-order valence-corrected chi connectivity index (χ0v) is 10.1. The first-order chi connectivity index (χ1) is 7.13. The molecule has 0 saturated carbocycles. The van der Waals surface area contributed by atoms with Gasteiger partial charge in [0.2, 0.25) is 0 Å². The molecule has 0 aliphatic heterocycles. The Labute approximate surface area is 93.3 Å². The number of hydrogen-bond donors (Lipinski definition) is 0. The van der Waals surface area contributed by atoms with Crippen LogP contribution in [0.25, 0.3) is 0 Å². The van der Waals surface area contributed by atoms with E-state index in [1.54, 1.807) is 0 Å². The molecule has 0 aromatic heterocycles. The molecule has 0 N–H and O–H groups in total. The molecule has 0 spiro atoms. The van der Waals surface area contributed by atoms with Gasteiger partial charge >= 0.3 is 0 Å². The molecule has 1 nitrogen and oxygen atoms in total. The molecule has 0 bridgehead atoms. The SMILES string of the molecule is CC1=CC(CC(C)C)CC=C1CCC=O. The number of hydrogen-bond acceptors (Lipinski definition) is 1. The highest BCUT2D eigenvalue weighted by atomic mass is 16.1. The molecule has 1 aliphatic carbocycles. The lowest BCUT2D eigenvalue weighted by Crippen LogP contribution is -2.06. The fraction of sp³-hybridized carbons (Fsp3) is 0.643. The lowest BCUT2D eigenvalue weighted by atomic mass is 9.85. The van der Waals surface area contributed by atoms with E-state index in [2.05, 4.69) is 32.9 Å². The van der Waals surface area contributed by atoms with Gasteiger partial charge in [0.25, 0.3) is 0 Å². The molecule has 1 unspecified atom stereocenters. The van der Waals surface area contributed by atoms with E-state index in [0.29, 0.717) is 12.3 Å². The summed E-state index contributed by atoms with van der Waals surface area (Å²) >= 11 is 0. The second kappa shape index (κ2) is 5.89. The van der Waals surface area contributed by atoms with Crippen molar-refractivity contribution in [3.63, 3.8) is 0 Å². The van der Waals surface area contributed by atoms with Gasteiger partial charge in [-0.05, 0) is 43.6 Å². The Bertz CT molecular complexity index is 271. The zero-order valence-electron chi connectivity index (χ0n) is 10.1. The van der Waals surface area contributed by atoms with Gasteiger partial charge in [-0.1, -0.05) is 31.6 Å². The summed E-state index contributed by atoms with van der Waals surface area (Å²) in [5.41, 5.74) is 2.76. The molecular formula is C14H22O. The largest absolute Gasteiger partial charge is 0.303 e. The van der Waals surface area contributed by atoms with E-state index in [9.17, 15) is 4.79 Å². The van der Waals surface area contributed by atoms with Gasteiger partial charge in [0.05, 0.1) is 0 Å². The van der Waals surface area contributed by atoms with E-state index in [-0.39, 0.29) is 0 Å². The van der Waals surface area contributed by atoms with Gasteiger partial charge in [0.1, 0.15) is 6.29 Å². The average molecular weight is 206 g/mol. The predicted molar refractivity (Wildman–Crippen MR) is 64.7 cm³/mol. The van der Waals surface area contributed by atoms with Gasteiger partial charge in [0, 0.05) is 6.42 Å². The Kier molecular flexibility index (Phi) is 4.80. The quantitative estimate of drug-likeness (QED) is 0.623. The van der Waals surface area contributed by atoms with Gasteiger partial charge < -0.3 is 4.79 Å². The maximum Gasteiger partial charge on any atom is 0.120 e. The Morgan fingerprint density at radius 1 is 1.53 bits per heavy atom. The highest BCUT2D eigenvalue weighted by molar-refractivity contribution is 5.51. The van der Waals surface area contributed by atoms with Crippen LogP contribution in [0.5, 0.6) is 0 Å². The summed E-state index contributed by atoms with van der Waals surface area (Å²) in [6, 6.07) is 0. The molecule has 15 heavy (non-hydrogen) atoms. The minimum absolute atomic E-state index is 0.659. The number of rotatable bonds is 5. The number of carbonyl (C=O) groups is 1. The number of carbonyl (C=O) groups excluding carboxylic acids is 1. The van der Waals surface area contributed by atoms with Gasteiger partial charge in [-0.2, -0.15) is 0 Å². The van der Waals surface area contributed by atoms with Crippen molar-refractivity contribution in [1.82, 2.24) is 0 Å². The lowest BCUT2D eigenvalue weighted by Gasteiger charge is -2.21. The summed E-state index contributed by atoms with van der Waals surface area (Å²) in [4.78, 5) is 10.3. The third kappa shape index (κ3) is 4.03. The maximum absolute atomic E-state index is 10.3. The fourth-order valence-electron chi connectivity index (χ4n) is 2.27. The Morgan fingerprint density at radius 2 is 2.27 bits per heavy atom. The monoisotopic (exact) mass is 206 g/mol. The van der Waals surface area contributed by atoms with Crippen LogP contribution in [0.3, 0.4) is 0 Å². The van der Waals surface area contributed by atoms with Crippen LogP contribution in [0.1, 0.15) is 46.5 Å². The molecule has 0 aromatic carbocycles. The van der Waals surface area contributed by atoms with Crippen molar-refractivity contribution < 1.29 is 4.79 Å². The van der Waals surface area contributed by atoms with E-state index in [1.165, 1.54) is 17.6 Å². The lowest BCUT2D eigenvalue weighted by molar-refractivity contribution is -0.107. The summed E-state index contributed by atoms with van der Waals surface area (Å²) in [7, 11) is 0. The molecule has 0 amide bonds. The summed E-state index contributed by atoms with van der Waals surface area (Å²) in [6.45, 7) is 6.71. The molecule has 1 heteroatoms. The van der Waals surface area contributed by atoms with Gasteiger partial charge in [-0.3, -0.25) is 0 Å². The van der Waals surface area contributed by atoms with Crippen molar-refractivity contribution in [2.45, 2.75) is 46.5 Å². The molecular weight excluding hydrogens is 184 g/mol. The van der Waals surface area contributed by atoms with E-state index < -0.39 is 0 Å². The molecule has 0 heterocycles. The van der Waals surface area contributed by atoms with Gasteiger partial charge in [-0.25, -0.2) is 0 Å². The summed E-state index contributed by atoms with van der Waals surface area (Å²) in [6.07, 6.45) is 9.73. The van der Waals surface area contributed by atoms with Crippen LogP contribution < -0.4 is 0 Å². The van der Waals surface area contributed by atoms with Crippen LogP contribution in [0.15, 0.2) is 23.3 Å². The number of aldehydes is 1. The van der Waals surface area contributed by atoms with E-state index in [4.69, 9.17) is 0 Å². The van der Waals surface area contributed by atoms with E-state index >= 15 is 0 Å². The van der Waals surface area contributed by atoms with Gasteiger partial charge in [-0.15, -0.1) is 0 Å². The second-order valence-corrected chi connectivity index (χ2v) is 4.91. The molecule has 1 rings (SSSR count). The molecule has 84 valence electrons. The first kappa shape index (κ1) is 12.2. The normalized spacial score (nSPS) is 21.2. The van der Waals surface area contributed by atoms with Gasteiger partial charge in [0.15, 0.2) is 0 Å². The molecule has 1 aliphatic rings. The maximum atomic E-state index is 10.3. The Hall–Kier alpha value is -0.850. The van der Waals surface area contributed by atoms with Crippen LogP contribution in [-0.2, 0) is 4.79 Å². The first-order valence-corrected chi connectivity index (χ1v) is 5.95. The van der Waals surface area contributed by atoms with Crippen LogP contribution in [0, 0.1) is 11.8 Å². The Morgan fingerprint density at radius 3 is 2.80 bits per heavy atom. The standard InChI is InChI=1S/C14H22O/c1-11(2)9-13-6-7-14(5-4-8-15)12(3)10-13/h7-8,10-11,13H,4-6,9H2,1-3H3. The fourth-order valence-corrected chi connectivity index (χ4v) is 2.27. The van der Waals surface area contributed by atoms with Crippen molar-refractivity contribution in [3.8, 4) is 0 Å². The van der Waals surface area contributed by atoms with Crippen molar-refractivity contribution >= 4 is 6.29 Å². The van der Waals surface area contributed by atoms with Crippen LogP contribution >= 0.6 is 0 Å². The minimum atomic E-state index is 0.659.